The van der Waals surface area contributed by atoms with Gasteiger partial charge in [0.25, 0.3) is 11.8 Å². The van der Waals surface area contributed by atoms with Gasteiger partial charge in [-0.1, -0.05) is 11.6 Å². The molecule has 184 valence electrons. The van der Waals surface area contributed by atoms with Crippen molar-refractivity contribution in [2.24, 2.45) is 0 Å². The fraction of sp³-hybridized carbons (Fsp3) is 0.154. The molecule has 4 rings (SSSR count). The van der Waals surface area contributed by atoms with Gasteiger partial charge in [0.1, 0.15) is 11.4 Å². The Balaban J connectivity index is 1.75. The summed E-state index contributed by atoms with van der Waals surface area (Å²) in [5, 5.41) is 2.20. The Kier molecular flexibility index (Phi) is 6.79. The molecular weight excluding hydrogens is 505 g/mol. The number of anilines is 1. The molecule has 1 aliphatic heterocycles. The molecule has 0 spiro atoms. The molecule has 10 heteroatoms. The maximum Gasteiger partial charge on any atom is 0.337 e. The van der Waals surface area contributed by atoms with Crippen molar-refractivity contribution in [1.29, 1.82) is 0 Å². The van der Waals surface area contributed by atoms with Crippen LogP contribution in [-0.2, 0) is 14.3 Å². The molecule has 3 aromatic rings. The van der Waals surface area contributed by atoms with Crippen molar-refractivity contribution < 1.29 is 23.5 Å². The summed E-state index contributed by atoms with van der Waals surface area (Å²) < 4.78 is 20.4. The highest BCUT2D eigenvalue weighted by Gasteiger charge is 2.35. The number of aryl methyl sites for hydroxylation is 2. The van der Waals surface area contributed by atoms with Crippen molar-refractivity contribution in [3.05, 3.63) is 87.0 Å². The number of ether oxygens (including phenoxy) is 1. The van der Waals surface area contributed by atoms with E-state index >= 15 is 0 Å². The summed E-state index contributed by atoms with van der Waals surface area (Å²) in [6.45, 7) is 5.64. The number of thiocarbonyl (C=S) groups is 1. The molecule has 2 amide bonds. The molecule has 1 N–H and O–H groups in total. The first-order chi connectivity index (χ1) is 17.0. The van der Waals surface area contributed by atoms with Gasteiger partial charge >= 0.3 is 5.97 Å². The minimum Gasteiger partial charge on any atom is -0.465 e. The lowest BCUT2D eigenvalue weighted by Crippen LogP contribution is -2.54. The van der Waals surface area contributed by atoms with Crippen LogP contribution in [0, 0.1) is 26.6 Å². The number of hydrogen-bond acceptors (Lipinski definition) is 5. The highest BCUT2D eigenvalue weighted by atomic mass is 35.5. The Labute approximate surface area is 217 Å². The van der Waals surface area contributed by atoms with Gasteiger partial charge in [-0.25, -0.2) is 9.18 Å². The molecule has 0 unspecified atom stereocenters. The third kappa shape index (κ3) is 4.43. The van der Waals surface area contributed by atoms with Crippen molar-refractivity contribution in [1.82, 2.24) is 9.88 Å². The van der Waals surface area contributed by atoms with Gasteiger partial charge in [-0.05, 0) is 92.7 Å². The maximum atomic E-state index is 13.6. The first kappa shape index (κ1) is 25.3. The zero-order valence-corrected chi connectivity index (χ0v) is 21.4. The minimum absolute atomic E-state index is 0.128. The summed E-state index contributed by atoms with van der Waals surface area (Å²) >= 11 is 11.1. The van der Waals surface area contributed by atoms with Crippen LogP contribution in [-0.4, -0.2) is 34.6 Å². The predicted molar refractivity (Wildman–Crippen MR) is 139 cm³/mol. The van der Waals surface area contributed by atoms with Gasteiger partial charge in [-0.3, -0.25) is 19.8 Å². The largest absolute Gasteiger partial charge is 0.465 e. The molecule has 1 fully saturated rings. The quantitative estimate of drug-likeness (QED) is 0.229. The molecule has 2 aromatic carbocycles. The number of carbonyl (C=O) groups excluding carboxylic acids is 3. The molecule has 0 saturated carbocycles. The van der Waals surface area contributed by atoms with Gasteiger partial charge in [0, 0.05) is 17.1 Å². The number of nitrogens with one attached hydrogen (secondary N) is 1. The van der Waals surface area contributed by atoms with Crippen molar-refractivity contribution in [2.75, 3.05) is 12.0 Å². The number of esters is 1. The van der Waals surface area contributed by atoms with Crippen LogP contribution >= 0.6 is 23.8 Å². The smallest absolute Gasteiger partial charge is 0.337 e. The van der Waals surface area contributed by atoms with Gasteiger partial charge in [0.15, 0.2) is 5.11 Å². The monoisotopic (exact) mass is 525 g/mol. The number of methoxy groups -OCH3 is 1. The second kappa shape index (κ2) is 9.67. The molecular formula is C26H21ClFN3O4S. The number of halogens is 2. The average molecular weight is 526 g/mol. The van der Waals surface area contributed by atoms with Gasteiger partial charge in [-0.15, -0.1) is 0 Å². The average Bonchev–Trinajstić information content (AvgIpc) is 3.10. The Morgan fingerprint density at radius 3 is 2.47 bits per heavy atom. The summed E-state index contributed by atoms with van der Waals surface area (Å²) in [6.07, 6.45) is 1.49. The van der Waals surface area contributed by atoms with Crippen LogP contribution in [0.3, 0.4) is 0 Å². The number of benzene rings is 2. The van der Waals surface area contributed by atoms with Crippen LogP contribution < -0.4 is 10.2 Å². The van der Waals surface area contributed by atoms with Crippen molar-refractivity contribution in [3.8, 4) is 5.69 Å². The summed E-state index contributed by atoms with van der Waals surface area (Å²) in [5.41, 5.74) is 4.49. The van der Waals surface area contributed by atoms with Crippen LogP contribution in [0.15, 0.2) is 48.0 Å². The van der Waals surface area contributed by atoms with E-state index in [2.05, 4.69) is 5.32 Å². The summed E-state index contributed by atoms with van der Waals surface area (Å²) in [7, 11) is 1.33. The lowest BCUT2D eigenvalue weighted by atomic mass is 10.1. The van der Waals surface area contributed by atoms with Crippen molar-refractivity contribution in [2.45, 2.75) is 20.8 Å². The van der Waals surface area contributed by atoms with Gasteiger partial charge in [-0.2, -0.15) is 0 Å². The van der Waals surface area contributed by atoms with Crippen LogP contribution in [0.1, 0.15) is 32.9 Å². The summed E-state index contributed by atoms with van der Waals surface area (Å²) in [6, 6.07) is 10.8. The van der Waals surface area contributed by atoms with E-state index in [0.717, 1.165) is 33.6 Å². The summed E-state index contributed by atoms with van der Waals surface area (Å²) in [4.78, 5) is 39.0. The number of aromatic nitrogens is 1. The van der Waals surface area contributed by atoms with E-state index in [-0.39, 0.29) is 21.4 Å². The fourth-order valence-electron chi connectivity index (χ4n) is 4.13. The van der Waals surface area contributed by atoms with Gasteiger partial charge < -0.3 is 9.30 Å². The van der Waals surface area contributed by atoms with Crippen LogP contribution in [0.5, 0.6) is 0 Å². The number of nitrogens with zero attached hydrogens (tertiary/aromatic N) is 2. The molecule has 0 atom stereocenters. The molecule has 36 heavy (non-hydrogen) atoms. The first-order valence-corrected chi connectivity index (χ1v) is 11.6. The highest BCUT2D eigenvalue weighted by Crippen LogP contribution is 2.29. The molecule has 0 bridgehead atoms. The van der Waals surface area contributed by atoms with Gasteiger partial charge in [0.05, 0.1) is 23.4 Å². The second-order valence-electron chi connectivity index (χ2n) is 8.21. The predicted octanol–water partition coefficient (Wildman–Crippen LogP) is 4.81. The van der Waals surface area contributed by atoms with E-state index in [0.29, 0.717) is 11.1 Å². The third-order valence-electron chi connectivity index (χ3n) is 5.89. The van der Waals surface area contributed by atoms with E-state index in [1.807, 2.05) is 37.5 Å². The topological polar surface area (TPSA) is 80.6 Å². The lowest BCUT2D eigenvalue weighted by molar-refractivity contribution is -0.122. The SMILES string of the molecule is COC(=O)c1ccc(-n2c(C)cc(/C=C3\C(=O)NC(=S)N(c4ccc(F)c(Cl)c4)C3=O)c2C)c(C)c1. The van der Waals surface area contributed by atoms with E-state index in [1.54, 1.807) is 12.1 Å². The maximum absolute atomic E-state index is 13.6. The van der Waals surface area contributed by atoms with Gasteiger partial charge in [0.2, 0.25) is 0 Å². The van der Waals surface area contributed by atoms with Crippen LogP contribution in [0.25, 0.3) is 11.8 Å². The Hall–Kier alpha value is -3.82. The van der Waals surface area contributed by atoms with Crippen molar-refractivity contribution >= 4 is 58.5 Å². The molecule has 1 aliphatic rings. The standard InChI is InChI=1S/C26H21ClFN3O4S/c1-13-9-16(25(34)35-4)5-8-22(13)30-14(2)10-17(15(30)3)11-19-23(32)29-26(36)31(24(19)33)18-6-7-21(28)20(27)12-18/h5-12H,1-4H3,(H,29,32,36)/b19-11+. The molecule has 1 saturated heterocycles. The normalized spacial score (nSPS) is 14.9. The van der Waals surface area contributed by atoms with E-state index < -0.39 is 23.6 Å². The van der Waals surface area contributed by atoms with Crippen LogP contribution in [0.2, 0.25) is 5.02 Å². The molecule has 2 heterocycles. The van der Waals surface area contributed by atoms with Crippen molar-refractivity contribution in [3.63, 3.8) is 0 Å². The second-order valence-corrected chi connectivity index (χ2v) is 9.00. The Morgan fingerprint density at radius 1 is 1.11 bits per heavy atom. The highest BCUT2D eigenvalue weighted by molar-refractivity contribution is 7.80. The first-order valence-electron chi connectivity index (χ1n) is 10.8. The Bertz CT molecular complexity index is 1490. The van der Waals surface area contributed by atoms with Crippen LogP contribution in [0.4, 0.5) is 10.1 Å². The molecule has 7 nitrogen and oxygen atoms in total. The van der Waals surface area contributed by atoms with E-state index in [9.17, 15) is 18.8 Å². The number of hydrogen-bond donors (Lipinski definition) is 1. The molecule has 0 aliphatic carbocycles. The minimum atomic E-state index is -0.658. The van der Waals surface area contributed by atoms with E-state index in [1.165, 1.54) is 25.3 Å². The van der Waals surface area contributed by atoms with E-state index in [4.69, 9.17) is 28.6 Å². The lowest BCUT2D eigenvalue weighted by Gasteiger charge is -2.29. The fourth-order valence-corrected chi connectivity index (χ4v) is 4.58. The Morgan fingerprint density at radius 2 is 1.83 bits per heavy atom. The number of amides is 2. The third-order valence-corrected chi connectivity index (χ3v) is 6.47. The molecule has 1 aromatic heterocycles. The molecule has 0 radical (unpaired) electrons. The zero-order valence-electron chi connectivity index (χ0n) is 19.8. The zero-order chi connectivity index (χ0) is 26.3. The summed E-state index contributed by atoms with van der Waals surface area (Å²) in [5.74, 6) is -2.37. The number of rotatable bonds is 4. The number of carbonyl (C=O) groups is 3.